The van der Waals surface area contributed by atoms with Gasteiger partial charge in [0.05, 0.1) is 0 Å². The van der Waals surface area contributed by atoms with E-state index in [-0.39, 0.29) is 35.3 Å². The number of allylic oxidation sites excluding steroid dienone is 1. The summed E-state index contributed by atoms with van der Waals surface area (Å²) in [5.41, 5.74) is 0. The standard InChI is InChI=1S/C9H19O4P.Na/c1-4-5-6-7-9(10)8-14(11,12-2)13-3;/h8,10H,4-7H2,1-3H3;/q;+1/p-1/b9-8-;. The van der Waals surface area contributed by atoms with Crippen LogP contribution in [0.3, 0.4) is 0 Å². The van der Waals surface area contributed by atoms with Crippen LogP contribution in [0, 0.1) is 0 Å². The van der Waals surface area contributed by atoms with Gasteiger partial charge in [0.25, 0.3) is 0 Å². The Morgan fingerprint density at radius 3 is 2.27 bits per heavy atom. The molecule has 0 saturated heterocycles. The van der Waals surface area contributed by atoms with E-state index >= 15 is 0 Å². The fourth-order valence-corrected chi connectivity index (χ4v) is 1.81. The third kappa shape index (κ3) is 8.49. The number of hydrogen-bond donors (Lipinski definition) is 0. The van der Waals surface area contributed by atoms with Gasteiger partial charge in [-0.05, 0) is 6.42 Å². The number of rotatable bonds is 7. The first-order valence-electron chi connectivity index (χ1n) is 4.68. The van der Waals surface area contributed by atoms with Crippen LogP contribution < -0.4 is 34.7 Å². The molecule has 0 bridgehead atoms. The Bertz CT molecular complexity index is 222. The zero-order valence-electron chi connectivity index (χ0n) is 9.99. The topological polar surface area (TPSA) is 58.6 Å². The number of unbranched alkanes of at least 4 members (excludes halogenated alkanes) is 2. The van der Waals surface area contributed by atoms with Crippen LogP contribution in [0.2, 0.25) is 0 Å². The smallest absolute Gasteiger partial charge is 0.875 e. The van der Waals surface area contributed by atoms with Gasteiger partial charge in [0, 0.05) is 20.0 Å². The van der Waals surface area contributed by atoms with Crippen LogP contribution in [-0.4, -0.2) is 14.2 Å². The Morgan fingerprint density at radius 1 is 1.33 bits per heavy atom. The summed E-state index contributed by atoms with van der Waals surface area (Å²) in [6.07, 6.45) is 3.28. The first-order chi connectivity index (χ1) is 6.58. The van der Waals surface area contributed by atoms with Crippen molar-refractivity contribution < 1.29 is 48.3 Å². The third-order valence-corrected chi connectivity index (χ3v) is 3.46. The van der Waals surface area contributed by atoms with Gasteiger partial charge >= 0.3 is 37.2 Å². The quantitative estimate of drug-likeness (QED) is 0.256. The maximum atomic E-state index is 11.5. The Labute approximate surface area is 114 Å². The minimum atomic E-state index is -3.26. The summed E-state index contributed by atoms with van der Waals surface area (Å²) in [5.74, 6) is 0.883. The van der Waals surface area contributed by atoms with Gasteiger partial charge in [0.1, 0.15) is 0 Å². The van der Waals surface area contributed by atoms with Crippen molar-refractivity contribution in [1.82, 2.24) is 0 Å². The molecule has 0 atom stereocenters. The van der Waals surface area contributed by atoms with Crippen LogP contribution in [0.1, 0.15) is 32.6 Å². The molecule has 0 radical (unpaired) electrons. The van der Waals surface area contributed by atoms with Gasteiger partial charge < -0.3 is 14.2 Å². The second-order valence-corrected chi connectivity index (χ2v) is 5.03. The molecule has 0 aromatic rings. The van der Waals surface area contributed by atoms with Crippen LogP contribution in [0.25, 0.3) is 0 Å². The molecule has 0 amide bonds. The van der Waals surface area contributed by atoms with Gasteiger partial charge in [-0.15, -0.1) is 5.76 Å². The fraction of sp³-hybridized carbons (Fsp3) is 0.778. The van der Waals surface area contributed by atoms with E-state index in [1.807, 2.05) is 0 Å². The first-order valence-corrected chi connectivity index (χ1v) is 6.29. The molecule has 0 fully saturated rings. The first kappa shape index (κ1) is 18.1. The molecule has 84 valence electrons. The molecule has 0 aliphatic heterocycles. The van der Waals surface area contributed by atoms with E-state index in [0.29, 0.717) is 6.42 Å². The Morgan fingerprint density at radius 2 is 1.87 bits per heavy atom. The SMILES string of the molecule is CCCCC/C([O-])=C/P(=O)(OC)OC.[Na+]. The molecule has 0 aromatic heterocycles. The van der Waals surface area contributed by atoms with Crippen LogP contribution >= 0.6 is 7.60 Å². The second kappa shape index (κ2) is 9.88. The average molecular weight is 244 g/mol. The molecular weight excluding hydrogens is 226 g/mol. The van der Waals surface area contributed by atoms with Crippen molar-refractivity contribution in [3.05, 3.63) is 11.6 Å². The molecule has 0 saturated carbocycles. The van der Waals surface area contributed by atoms with Crippen LogP contribution in [0.4, 0.5) is 0 Å². The Balaban J connectivity index is 0. The third-order valence-electron chi connectivity index (χ3n) is 1.84. The van der Waals surface area contributed by atoms with Crippen molar-refractivity contribution in [2.24, 2.45) is 0 Å². The molecule has 4 nitrogen and oxygen atoms in total. The van der Waals surface area contributed by atoms with E-state index in [2.05, 4.69) is 16.0 Å². The van der Waals surface area contributed by atoms with E-state index in [1.54, 1.807) is 0 Å². The van der Waals surface area contributed by atoms with E-state index < -0.39 is 7.60 Å². The molecule has 0 aliphatic carbocycles. The maximum Gasteiger partial charge on any atom is 1.00 e. The zero-order valence-corrected chi connectivity index (χ0v) is 12.9. The summed E-state index contributed by atoms with van der Waals surface area (Å²) < 4.78 is 20.7. The van der Waals surface area contributed by atoms with Crippen molar-refractivity contribution in [3.63, 3.8) is 0 Å². The molecule has 0 unspecified atom stereocenters. The Hall–Kier alpha value is 0.690. The van der Waals surface area contributed by atoms with E-state index in [9.17, 15) is 9.67 Å². The van der Waals surface area contributed by atoms with E-state index in [0.717, 1.165) is 25.1 Å². The summed E-state index contributed by atoms with van der Waals surface area (Å²) in [7, 11) is -0.732. The van der Waals surface area contributed by atoms with Gasteiger partial charge in [-0.3, -0.25) is 4.57 Å². The fourth-order valence-electron chi connectivity index (χ4n) is 0.970. The monoisotopic (exact) mass is 244 g/mol. The van der Waals surface area contributed by atoms with Gasteiger partial charge in [-0.1, -0.05) is 26.2 Å². The molecule has 0 heterocycles. The normalized spacial score (nSPS) is 12.3. The molecule has 0 rings (SSSR count). The molecule has 0 spiro atoms. The van der Waals surface area contributed by atoms with Crippen LogP contribution in [0.15, 0.2) is 11.6 Å². The summed E-state index contributed by atoms with van der Waals surface area (Å²) in [6, 6.07) is 0. The van der Waals surface area contributed by atoms with Crippen molar-refractivity contribution >= 4 is 7.60 Å². The van der Waals surface area contributed by atoms with Gasteiger partial charge in [-0.25, -0.2) is 0 Å². The molecular formula is C9H18NaO4P. The summed E-state index contributed by atoms with van der Waals surface area (Å²) in [6.45, 7) is 2.06. The van der Waals surface area contributed by atoms with Crippen molar-refractivity contribution in [3.8, 4) is 0 Å². The van der Waals surface area contributed by atoms with Gasteiger partial charge in [0.15, 0.2) is 0 Å². The number of hydrogen-bond acceptors (Lipinski definition) is 4. The molecule has 15 heavy (non-hydrogen) atoms. The van der Waals surface area contributed by atoms with Gasteiger partial charge in [0.2, 0.25) is 0 Å². The summed E-state index contributed by atoms with van der Waals surface area (Å²) in [4.78, 5) is 0. The van der Waals surface area contributed by atoms with E-state index in [1.165, 1.54) is 14.2 Å². The molecule has 0 aliphatic rings. The summed E-state index contributed by atoms with van der Waals surface area (Å²) >= 11 is 0. The molecule has 0 aromatic carbocycles. The second-order valence-electron chi connectivity index (χ2n) is 2.96. The molecule has 0 N–H and O–H groups in total. The maximum absolute atomic E-state index is 11.5. The predicted molar refractivity (Wildman–Crippen MR) is 53.8 cm³/mol. The zero-order chi connectivity index (χ0) is 11.0. The van der Waals surface area contributed by atoms with E-state index in [4.69, 9.17) is 0 Å². The van der Waals surface area contributed by atoms with Crippen molar-refractivity contribution in [1.29, 1.82) is 0 Å². The van der Waals surface area contributed by atoms with Crippen molar-refractivity contribution in [2.75, 3.05) is 14.2 Å². The van der Waals surface area contributed by atoms with Crippen LogP contribution in [-0.2, 0) is 13.6 Å². The van der Waals surface area contributed by atoms with Crippen LogP contribution in [0.5, 0.6) is 0 Å². The molecule has 6 heteroatoms. The minimum absolute atomic E-state index is 0. The van der Waals surface area contributed by atoms with Crippen molar-refractivity contribution in [2.45, 2.75) is 32.6 Å². The summed E-state index contributed by atoms with van der Waals surface area (Å²) in [5, 5.41) is 11.3. The predicted octanol–water partition coefficient (Wildman–Crippen LogP) is -0.742. The minimum Gasteiger partial charge on any atom is -0.875 e. The average Bonchev–Trinajstić information content (AvgIpc) is 2.18. The largest absolute Gasteiger partial charge is 1.00 e. The Kier molecular flexibility index (Phi) is 11.9. The van der Waals surface area contributed by atoms with Gasteiger partial charge in [-0.2, -0.15) is 0 Å².